The van der Waals surface area contributed by atoms with E-state index in [2.05, 4.69) is 0 Å². The summed E-state index contributed by atoms with van der Waals surface area (Å²) in [7, 11) is 0. The first-order chi connectivity index (χ1) is 31.1. The normalized spacial score (nSPS) is 22.8. The lowest BCUT2D eigenvalue weighted by molar-refractivity contribution is -0.130. The van der Waals surface area contributed by atoms with Gasteiger partial charge in [-0.1, -0.05) is 0 Å². The zero-order valence-electron chi connectivity index (χ0n) is 32.7. The molecule has 4 aliphatic rings. The summed E-state index contributed by atoms with van der Waals surface area (Å²) in [6.07, 6.45) is -14.0. The third-order valence-electron chi connectivity index (χ3n) is 12.0. The topological polar surface area (TPSA) is 432 Å². The van der Waals surface area contributed by atoms with E-state index >= 15 is 0 Å². The molecule has 0 amide bonds. The van der Waals surface area contributed by atoms with E-state index < -0.39 is 210 Å². The van der Waals surface area contributed by atoms with Crippen molar-refractivity contribution in [3.05, 3.63) is 63.2 Å². The number of aromatic hydroxyl groups is 14. The Morgan fingerprint density at radius 3 is 1.62 bits per heavy atom. The Labute approximate surface area is 364 Å². The van der Waals surface area contributed by atoms with Gasteiger partial charge in [-0.25, -0.2) is 14.4 Å². The van der Waals surface area contributed by atoms with Crippen LogP contribution in [-0.2, 0) is 20.6 Å². The molecule has 24 nitrogen and oxygen atoms in total. The van der Waals surface area contributed by atoms with Gasteiger partial charge in [-0.05, 0) is 18.2 Å². The number of benzene rings is 5. The lowest BCUT2D eigenvalue weighted by Crippen LogP contribution is -2.54. The van der Waals surface area contributed by atoms with Crippen LogP contribution >= 0.6 is 0 Å². The second-order valence-corrected chi connectivity index (χ2v) is 15.6. The molecular weight excluding hydrogens is 888 g/mol. The first-order valence-corrected chi connectivity index (χ1v) is 19.1. The fourth-order valence-corrected chi connectivity index (χ4v) is 8.99. The molecule has 5 aromatic carbocycles. The Morgan fingerprint density at radius 1 is 0.470 bits per heavy atom. The number of ether oxygens (including phenoxy) is 4. The van der Waals surface area contributed by atoms with Gasteiger partial charge in [0.2, 0.25) is 17.2 Å². The van der Waals surface area contributed by atoms with Gasteiger partial charge < -0.3 is 106 Å². The molecule has 0 spiro atoms. The summed E-state index contributed by atoms with van der Waals surface area (Å²) in [5.41, 5.74) is -10.9. The van der Waals surface area contributed by atoms with E-state index in [1.807, 2.05) is 0 Å². The number of carbonyl (C=O) groups is 3. The molecule has 4 aliphatic heterocycles. The molecule has 17 N–H and O–H groups in total. The Bertz CT molecular complexity index is 3010. The smallest absolute Gasteiger partial charge is 0.340 e. The zero-order chi connectivity index (χ0) is 47.9. The molecule has 66 heavy (non-hydrogen) atoms. The van der Waals surface area contributed by atoms with Crippen LogP contribution in [0.25, 0.3) is 22.3 Å². The van der Waals surface area contributed by atoms with Crippen molar-refractivity contribution in [2.45, 2.75) is 49.0 Å². The molecule has 4 heterocycles. The van der Waals surface area contributed by atoms with Crippen LogP contribution in [0.1, 0.15) is 65.3 Å². The van der Waals surface area contributed by atoms with Crippen molar-refractivity contribution in [2.75, 3.05) is 6.61 Å². The summed E-state index contributed by atoms with van der Waals surface area (Å²) in [5.74, 6) is -26.6. The van der Waals surface area contributed by atoms with Crippen LogP contribution in [0.3, 0.4) is 0 Å². The maximum absolute atomic E-state index is 14.9. The largest absolute Gasteiger partial charge is 0.507 e. The number of cyclic esters (lactones) is 1. The van der Waals surface area contributed by atoms with E-state index in [0.29, 0.717) is 12.1 Å². The highest BCUT2D eigenvalue weighted by Gasteiger charge is 2.55. The molecule has 4 bridgehead atoms. The molecule has 0 saturated carbocycles. The van der Waals surface area contributed by atoms with Crippen molar-refractivity contribution in [3.8, 4) is 108 Å². The SMILES string of the molecule is O=C1O[C@@H](CO)[C@@H](O)[C@@H]2OC(=O)c3c(c(O)c(O)c(O)c3-c3c(O)c(O)c(O)c4c3C(=O)O[C@H]2[C@H]4c2c(O)cc(O)c3c2O[C@H](c2cc(O)c(O)c(O)c2)[C@@H](O)C3)-c2c1cc(O)c(O)c2O. The number of aliphatic hydroxyl groups is 3. The number of phenols is 14. The molecule has 0 fully saturated rings. The maximum Gasteiger partial charge on any atom is 0.340 e. The third kappa shape index (κ3) is 5.71. The summed E-state index contributed by atoms with van der Waals surface area (Å²) in [5, 5.41) is 189. The van der Waals surface area contributed by atoms with Gasteiger partial charge in [-0.2, -0.15) is 0 Å². The minimum absolute atomic E-state index is 0.246. The molecule has 5 aromatic rings. The number of rotatable bonds is 3. The Kier molecular flexibility index (Phi) is 9.35. The van der Waals surface area contributed by atoms with Crippen LogP contribution in [0.15, 0.2) is 24.3 Å². The molecule has 7 atom stereocenters. The predicted octanol–water partition coefficient (Wildman–Crippen LogP) is 1.04. The van der Waals surface area contributed by atoms with Crippen LogP contribution in [0.2, 0.25) is 0 Å². The van der Waals surface area contributed by atoms with Crippen LogP contribution < -0.4 is 4.74 Å². The molecule has 0 aliphatic carbocycles. The van der Waals surface area contributed by atoms with Crippen molar-refractivity contribution >= 4 is 17.9 Å². The van der Waals surface area contributed by atoms with E-state index in [9.17, 15) is 101 Å². The van der Waals surface area contributed by atoms with Crippen molar-refractivity contribution in [2.24, 2.45) is 0 Å². The number of hydrogen-bond acceptors (Lipinski definition) is 24. The van der Waals surface area contributed by atoms with Crippen LogP contribution in [0, 0.1) is 0 Å². The summed E-state index contributed by atoms with van der Waals surface area (Å²) >= 11 is 0. The van der Waals surface area contributed by atoms with E-state index in [-0.39, 0.29) is 11.1 Å². The van der Waals surface area contributed by atoms with Crippen molar-refractivity contribution in [1.82, 2.24) is 0 Å². The lowest BCUT2D eigenvalue weighted by Gasteiger charge is -2.43. The average molecular weight is 921 g/mol. The minimum atomic E-state index is -2.64. The van der Waals surface area contributed by atoms with E-state index in [0.717, 1.165) is 12.1 Å². The van der Waals surface area contributed by atoms with Gasteiger partial charge in [0.1, 0.15) is 23.4 Å². The molecule has 9 rings (SSSR count). The highest BCUT2D eigenvalue weighted by atomic mass is 16.6. The summed E-state index contributed by atoms with van der Waals surface area (Å²) in [4.78, 5) is 43.5. The maximum atomic E-state index is 14.9. The Hall–Kier alpha value is -8.61. The summed E-state index contributed by atoms with van der Waals surface area (Å²) < 4.78 is 23.0. The summed E-state index contributed by atoms with van der Waals surface area (Å²) in [6, 6.07) is 2.81. The molecule has 0 saturated heterocycles. The number of aliphatic hydroxyl groups excluding tert-OH is 3. The Morgan fingerprint density at radius 2 is 1.00 bits per heavy atom. The molecule has 0 unspecified atom stereocenters. The second kappa shape index (κ2) is 14.5. The fraction of sp³-hybridized carbons (Fsp3) is 0.214. The zero-order valence-corrected chi connectivity index (χ0v) is 32.7. The number of fused-ring (bicyclic) bond motifs is 9. The van der Waals surface area contributed by atoms with Crippen LogP contribution in [-0.4, -0.2) is 142 Å². The highest BCUT2D eigenvalue weighted by Crippen LogP contribution is 2.64. The molecule has 0 radical (unpaired) electrons. The Balaban J connectivity index is 1.46. The van der Waals surface area contributed by atoms with Gasteiger partial charge in [0.05, 0.1) is 35.3 Å². The molecular formula is C42H32O24. The quantitative estimate of drug-likeness (QED) is 0.0683. The van der Waals surface area contributed by atoms with Gasteiger partial charge in [0.15, 0.2) is 76.2 Å². The number of hydrogen-bond donors (Lipinski definition) is 17. The van der Waals surface area contributed by atoms with Gasteiger partial charge in [-0.3, -0.25) is 0 Å². The van der Waals surface area contributed by atoms with E-state index in [1.165, 1.54) is 0 Å². The number of esters is 3. The van der Waals surface area contributed by atoms with Gasteiger partial charge >= 0.3 is 17.9 Å². The summed E-state index contributed by atoms with van der Waals surface area (Å²) in [6.45, 7) is -1.40. The molecule has 344 valence electrons. The van der Waals surface area contributed by atoms with E-state index in [1.54, 1.807) is 0 Å². The first-order valence-electron chi connectivity index (χ1n) is 19.1. The first kappa shape index (κ1) is 42.7. The van der Waals surface area contributed by atoms with Crippen LogP contribution in [0.5, 0.6) is 86.2 Å². The van der Waals surface area contributed by atoms with E-state index in [4.69, 9.17) is 18.9 Å². The average Bonchev–Trinajstić information content (AvgIpc) is 3.28. The second-order valence-electron chi connectivity index (χ2n) is 15.6. The predicted molar refractivity (Wildman–Crippen MR) is 209 cm³/mol. The van der Waals surface area contributed by atoms with Gasteiger partial charge in [0, 0.05) is 57.0 Å². The fourth-order valence-electron chi connectivity index (χ4n) is 8.99. The third-order valence-corrected chi connectivity index (χ3v) is 12.0. The monoisotopic (exact) mass is 920 g/mol. The minimum Gasteiger partial charge on any atom is -0.507 e. The number of phenolic OH excluding ortho intramolecular Hbond substituents is 14. The van der Waals surface area contributed by atoms with Crippen LogP contribution in [0.4, 0.5) is 0 Å². The van der Waals surface area contributed by atoms with Crippen molar-refractivity contribution in [3.63, 3.8) is 0 Å². The van der Waals surface area contributed by atoms with Crippen molar-refractivity contribution in [1.29, 1.82) is 0 Å². The molecule has 0 aromatic heterocycles. The standard InChI is InChI=1S/C42H32O24/c43-6-16-28(52)39-38-23(18-11(45)5-10(44)8-3-15(49)36(64-37(8)18)7-1-12(46)26(50)13(47)2-7)22-25(41(61)65-38)21(32(56)35(59)33(22)57)20-24(42(62)66-39)19(30(54)34(58)31(20)55)17-9(40(60)63-16)4-14(48)27(51)29(17)53/h1-2,4-5,15-16,23,28,36,38-39,43-59H,3,6H2/t15-,16-,23-,28+,36+,38-,39-/m0/s1. The highest BCUT2D eigenvalue weighted by molar-refractivity contribution is 6.16. The van der Waals surface area contributed by atoms with Crippen molar-refractivity contribution < 1.29 is 120 Å². The lowest BCUT2D eigenvalue weighted by atomic mass is 9.73. The number of carbonyl (C=O) groups excluding carboxylic acids is 3. The van der Waals surface area contributed by atoms with Gasteiger partial charge in [-0.15, -0.1) is 0 Å². The van der Waals surface area contributed by atoms with Gasteiger partial charge in [0.25, 0.3) is 0 Å². The molecule has 24 heteroatoms.